The summed E-state index contributed by atoms with van der Waals surface area (Å²) in [5, 5.41) is 5.83. The third-order valence-corrected chi connectivity index (χ3v) is 2.04. The standard InChI is InChI=1S/C10H21N3O2/c1-4-12-6-7(2)10(15)13-8(3)5-9(11)14/h7-8,12H,4-6H2,1-3H3,(H2,11,14)(H,13,15). The average Bonchev–Trinajstić information content (AvgIpc) is 2.12. The van der Waals surface area contributed by atoms with Crippen molar-refractivity contribution in [2.75, 3.05) is 13.1 Å². The second kappa shape index (κ2) is 7.23. The molecule has 0 aliphatic rings. The van der Waals surface area contributed by atoms with Gasteiger partial charge in [-0.25, -0.2) is 0 Å². The molecule has 0 fully saturated rings. The minimum absolute atomic E-state index is 0.0512. The maximum Gasteiger partial charge on any atom is 0.224 e. The van der Waals surface area contributed by atoms with Crippen LogP contribution in [0.15, 0.2) is 0 Å². The lowest BCUT2D eigenvalue weighted by Gasteiger charge is -2.16. The lowest BCUT2D eigenvalue weighted by atomic mass is 10.1. The van der Waals surface area contributed by atoms with E-state index in [9.17, 15) is 9.59 Å². The summed E-state index contributed by atoms with van der Waals surface area (Å²) in [7, 11) is 0. The number of primary amides is 1. The predicted molar refractivity (Wildman–Crippen MR) is 59.1 cm³/mol. The molecule has 0 aliphatic carbocycles. The Balaban J connectivity index is 3.85. The van der Waals surface area contributed by atoms with Crippen LogP contribution in [0.3, 0.4) is 0 Å². The van der Waals surface area contributed by atoms with Crippen LogP contribution in [0.1, 0.15) is 27.2 Å². The van der Waals surface area contributed by atoms with Crippen molar-refractivity contribution in [3.8, 4) is 0 Å². The van der Waals surface area contributed by atoms with Crippen LogP contribution in [0, 0.1) is 5.92 Å². The van der Waals surface area contributed by atoms with Gasteiger partial charge in [0.05, 0.1) is 0 Å². The van der Waals surface area contributed by atoms with Crippen LogP contribution in [0.2, 0.25) is 0 Å². The van der Waals surface area contributed by atoms with Gasteiger partial charge in [-0.2, -0.15) is 0 Å². The third-order valence-electron chi connectivity index (χ3n) is 2.04. The number of nitrogens with two attached hydrogens (primary N) is 1. The molecule has 88 valence electrons. The summed E-state index contributed by atoms with van der Waals surface area (Å²) in [5.74, 6) is -0.549. The van der Waals surface area contributed by atoms with Gasteiger partial charge in [-0.3, -0.25) is 9.59 Å². The van der Waals surface area contributed by atoms with Gasteiger partial charge in [0.2, 0.25) is 11.8 Å². The molecule has 0 saturated carbocycles. The zero-order valence-corrected chi connectivity index (χ0v) is 9.67. The first kappa shape index (κ1) is 13.9. The first-order chi connectivity index (χ1) is 6.97. The van der Waals surface area contributed by atoms with Crippen molar-refractivity contribution in [1.82, 2.24) is 10.6 Å². The number of nitrogens with one attached hydrogen (secondary N) is 2. The van der Waals surface area contributed by atoms with Crippen molar-refractivity contribution >= 4 is 11.8 Å². The largest absolute Gasteiger partial charge is 0.370 e. The van der Waals surface area contributed by atoms with Crippen LogP contribution in [0.5, 0.6) is 0 Å². The summed E-state index contributed by atoms with van der Waals surface area (Å²) < 4.78 is 0. The fourth-order valence-electron chi connectivity index (χ4n) is 1.19. The Morgan fingerprint density at radius 1 is 1.33 bits per heavy atom. The van der Waals surface area contributed by atoms with E-state index < -0.39 is 5.91 Å². The Hall–Kier alpha value is -1.10. The van der Waals surface area contributed by atoms with Gasteiger partial charge in [0, 0.05) is 24.9 Å². The fourth-order valence-corrected chi connectivity index (χ4v) is 1.19. The topological polar surface area (TPSA) is 84.2 Å². The molecule has 0 aromatic carbocycles. The second-order valence-corrected chi connectivity index (χ2v) is 3.79. The van der Waals surface area contributed by atoms with Gasteiger partial charge in [-0.15, -0.1) is 0 Å². The van der Waals surface area contributed by atoms with Gasteiger partial charge >= 0.3 is 0 Å². The number of carbonyl (C=O) groups is 2. The summed E-state index contributed by atoms with van der Waals surface area (Å²) in [5.41, 5.74) is 5.02. The quantitative estimate of drug-likeness (QED) is 0.541. The summed E-state index contributed by atoms with van der Waals surface area (Å²) in [6.07, 6.45) is 0.180. The summed E-state index contributed by atoms with van der Waals surface area (Å²) in [4.78, 5) is 22.1. The number of hydrogen-bond donors (Lipinski definition) is 3. The first-order valence-electron chi connectivity index (χ1n) is 5.26. The minimum Gasteiger partial charge on any atom is -0.370 e. The highest BCUT2D eigenvalue weighted by molar-refractivity contribution is 5.80. The SMILES string of the molecule is CCNCC(C)C(=O)NC(C)CC(N)=O. The zero-order chi connectivity index (χ0) is 11.8. The lowest BCUT2D eigenvalue weighted by Crippen LogP contribution is -2.41. The van der Waals surface area contributed by atoms with Crippen molar-refractivity contribution < 1.29 is 9.59 Å². The Labute approximate surface area is 90.8 Å². The number of carbonyl (C=O) groups excluding carboxylic acids is 2. The predicted octanol–water partition coefficient (Wildman–Crippen LogP) is -0.388. The molecule has 2 atom stereocenters. The molecular formula is C10H21N3O2. The van der Waals surface area contributed by atoms with E-state index in [-0.39, 0.29) is 24.3 Å². The van der Waals surface area contributed by atoms with Crippen molar-refractivity contribution in [2.24, 2.45) is 11.7 Å². The van der Waals surface area contributed by atoms with Crippen molar-refractivity contribution in [3.05, 3.63) is 0 Å². The Kier molecular flexibility index (Phi) is 6.70. The van der Waals surface area contributed by atoms with Crippen molar-refractivity contribution in [2.45, 2.75) is 33.2 Å². The van der Waals surface area contributed by atoms with E-state index >= 15 is 0 Å². The molecule has 2 unspecified atom stereocenters. The van der Waals surface area contributed by atoms with Crippen molar-refractivity contribution in [1.29, 1.82) is 0 Å². The van der Waals surface area contributed by atoms with Crippen LogP contribution in [-0.2, 0) is 9.59 Å². The second-order valence-electron chi connectivity index (χ2n) is 3.79. The van der Waals surface area contributed by atoms with Crippen LogP contribution < -0.4 is 16.4 Å². The van der Waals surface area contributed by atoms with Gasteiger partial charge in [0.25, 0.3) is 0 Å². The van der Waals surface area contributed by atoms with E-state index in [1.807, 2.05) is 13.8 Å². The molecule has 0 spiro atoms. The maximum atomic E-state index is 11.5. The first-order valence-corrected chi connectivity index (χ1v) is 5.26. The fraction of sp³-hybridized carbons (Fsp3) is 0.800. The summed E-state index contributed by atoms with van der Waals surface area (Å²) in [6.45, 7) is 7.08. The van der Waals surface area contributed by atoms with Crippen LogP contribution in [0.25, 0.3) is 0 Å². The van der Waals surface area contributed by atoms with Gasteiger partial charge in [0.15, 0.2) is 0 Å². The van der Waals surface area contributed by atoms with E-state index in [1.54, 1.807) is 6.92 Å². The number of hydrogen-bond acceptors (Lipinski definition) is 3. The Morgan fingerprint density at radius 3 is 2.40 bits per heavy atom. The van der Waals surface area contributed by atoms with Crippen molar-refractivity contribution in [3.63, 3.8) is 0 Å². The normalized spacial score (nSPS) is 14.3. The van der Waals surface area contributed by atoms with E-state index in [1.165, 1.54) is 0 Å². The lowest BCUT2D eigenvalue weighted by molar-refractivity contribution is -0.125. The van der Waals surface area contributed by atoms with Gasteiger partial charge in [-0.05, 0) is 13.5 Å². The molecular weight excluding hydrogens is 194 g/mol. The van der Waals surface area contributed by atoms with Gasteiger partial charge < -0.3 is 16.4 Å². The summed E-state index contributed by atoms with van der Waals surface area (Å²) in [6, 6.07) is -0.195. The van der Waals surface area contributed by atoms with E-state index in [2.05, 4.69) is 10.6 Å². The molecule has 5 heteroatoms. The highest BCUT2D eigenvalue weighted by Crippen LogP contribution is 1.96. The minimum atomic E-state index is -0.401. The van der Waals surface area contributed by atoms with Crippen LogP contribution in [-0.4, -0.2) is 30.9 Å². The molecule has 0 rings (SSSR count). The Bertz CT molecular complexity index is 219. The molecule has 5 nitrogen and oxygen atoms in total. The molecule has 0 aliphatic heterocycles. The summed E-state index contributed by atoms with van der Waals surface area (Å²) >= 11 is 0. The molecule has 0 aromatic heterocycles. The maximum absolute atomic E-state index is 11.5. The van der Waals surface area contributed by atoms with Crippen LogP contribution >= 0.6 is 0 Å². The molecule has 0 saturated heterocycles. The van der Waals surface area contributed by atoms with Crippen LogP contribution in [0.4, 0.5) is 0 Å². The van der Waals surface area contributed by atoms with Gasteiger partial charge in [0.1, 0.15) is 0 Å². The Morgan fingerprint density at radius 2 is 1.93 bits per heavy atom. The highest BCUT2D eigenvalue weighted by atomic mass is 16.2. The highest BCUT2D eigenvalue weighted by Gasteiger charge is 2.15. The smallest absolute Gasteiger partial charge is 0.224 e. The zero-order valence-electron chi connectivity index (χ0n) is 9.67. The van der Waals surface area contributed by atoms with E-state index in [0.717, 1.165) is 6.54 Å². The average molecular weight is 215 g/mol. The third kappa shape index (κ3) is 6.90. The molecule has 0 radical (unpaired) electrons. The van der Waals surface area contributed by atoms with E-state index in [4.69, 9.17) is 5.73 Å². The number of amides is 2. The van der Waals surface area contributed by atoms with Gasteiger partial charge in [-0.1, -0.05) is 13.8 Å². The molecule has 0 heterocycles. The van der Waals surface area contributed by atoms with E-state index in [0.29, 0.717) is 6.54 Å². The molecule has 0 bridgehead atoms. The number of rotatable bonds is 7. The molecule has 15 heavy (non-hydrogen) atoms. The molecule has 4 N–H and O–H groups in total. The molecule has 2 amide bonds. The molecule has 0 aromatic rings. The monoisotopic (exact) mass is 215 g/mol.